The molecule has 1 atom stereocenters. The van der Waals surface area contributed by atoms with Gasteiger partial charge in [-0.2, -0.15) is 0 Å². The Labute approximate surface area is 232 Å². The molecule has 0 heterocycles. The first-order valence-electron chi connectivity index (χ1n) is 11.6. The Kier molecular flexibility index (Phi) is 10.5. The number of carbonyl (C=O) groups excluding carboxylic acids is 2. The van der Waals surface area contributed by atoms with Crippen LogP contribution < -0.4 is 5.32 Å². The lowest BCUT2D eigenvalue weighted by Crippen LogP contribution is -2.51. The van der Waals surface area contributed by atoms with E-state index in [2.05, 4.69) is 5.32 Å². The maximum absolute atomic E-state index is 13.8. The van der Waals surface area contributed by atoms with E-state index in [1.54, 1.807) is 41.3 Å². The predicted molar refractivity (Wildman–Crippen MR) is 149 cm³/mol. The van der Waals surface area contributed by atoms with Gasteiger partial charge in [-0.3, -0.25) is 9.59 Å². The molecular weight excluding hydrogens is 538 g/mol. The SMILES string of the molecule is CC(C)CNC(=O)[C@H](Cc1ccccc1)N(Cc1ccc(Cl)c(Cl)c1)C(=O)Cc1ccc(Cl)c(Cl)c1. The maximum atomic E-state index is 13.8. The molecule has 1 N–H and O–H groups in total. The second-order valence-corrected chi connectivity index (χ2v) is 10.7. The van der Waals surface area contributed by atoms with E-state index < -0.39 is 6.04 Å². The van der Waals surface area contributed by atoms with Gasteiger partial charge in [0.1, 0.15) is 6.04 Å². The fourth-order valence-electron chi connectivity index (χ4n) is 3.74. The molecule has 0 aliphatic heterocycles. The number of halogens is 4. The molecule has 190 valence electrons. The monoisotopic (exact) mass is 564 g/mol. The quantitative estimate of drug-likeness (QED) is 0.281. The normalized spacial score (nSPS) is 11.9. The molecule has 0 saturated carbocycles. The molecule has 0 fully saturated rings. The average molecular weight is 566 g/mol. The van der Waals surface area contributed by atoms with Crippen molar-refractivity contribution < 1.29 is 9.59 Å². The number of benzene rings is 3. The Balaban J connectivity index is 1.98. The second-order valence-electron chi connectivity index (χ2n) is 9.04. The minimum Gasteiger partial charge on any atom is -0.354 e. The summed E-state index contributed by atoms with van der Waals surface area (Å²) in [7, 11) is 0. The molecule has 0 radical (unpaired) electrons. The number of nitrogens with zero attached hydrogens (tertiary/aromatic N) is 1. The Morgan fingerprint density at radius 1 is 0.778 bits per heavy atom. The molecule has 4 nitrogen and oxygen atoms in total. The molecule has 8 heteroatoms. The second kappa shape index (κ2) is 13.3. The highest BCUT2D eigenvalue weighted by Crippen LogP contribution is 2.26. The van der Waals surface area contributed by atoms with Crippen LogP contribution >= 0.6 is 46.4 Å². The van der Waals surface area contributed by atoms with Crippen molar-refractivity contribution in [2.45, 2.75) is 39.3 Å². The highest BCUT2D eigenvalue weighted by atomic mass is 35.5. The van der Waals surface area contributed by atoms with E-state index >= 15 is 0 Å². The van der Waals surface area contributed by atoms with Gasteiger partial charge in [-0.1, -0.05) is 103 Å². The van der Waals surface area contributed by atoms with Crippen LogP contribution in [0.2, 0.25) is 20.1 Å². The van der Waals surface area contributed by atoms with E-state index in [9.17, 15) is 9.59 Å². The number of rotatable bonds is 10. The minimum absolute atomic E-state index is 0.0565. The Morgan fingerprint density at radius 2 is 1.36 bits per heavy atom. The number of nitrogens with one attached hydrogen (secondary N) is 1. The first-order chi connectivity index (χ1) is 17.1. The van der Waals surface area contributed by atoms with Crippen molar-refractivity contribution in [2.24, 2.45) is 5.92 Å². The lowest BCUT2D eigenvalue weighted by atomic mass is 10.0. The van der Waals surface area contributed by atoms with Crippen molar-refractivity contribution in [2.75, 3.05) is 6.54 Å². The van der Waals surface area contributed by atoms with Gasteiger partial charge in [0.15, 0.2) is 0 Å². The zero-order valence-corrected chi connectivity index (χ0v) is 23.1. The van der Waals surface area contributed by atoms with Gasteiger partial charge in [0.2, 0.25) is 11.8 Å². The van der Waals surface area contributed by atoms with Crippen molar-refractivity contribution in [1.82, 2.24) is 10.2 Å². The maximum Gasteiger partial charge on any atom is 0.243 e. The van der Waals surface area contributed by atoms with Gasteiger partial charge in [-0.25, -0.2) is 0 Å². The number of amides is 2. The van der Waals surface area contributed by atoms with E-state index in [0.29, 0.717) is 38.6 Å². The van der Waals surface area contributed by atoms with Crippen molar-refractivity contribution >= 4 is 58.2 Å². The third kappa shape index (κ3) is 8.14. The van der Waals surface area contributed by atoms with Gasteiger partial charge in [-0.05, 0) is 46.9 Å². The molecule has 0 unspecified atom stereocenters. The molecule has 0 saturated heterocycles. The van der Waals surface area contributed by atoms with E-state index in [-0.39, 0.29) is 30.7 Å². The van der Waals surface area contributed by atoms with Crippen LogP contribution in [0.5, 0.6) is 0 Å². The molecule has 2 amide bonds. The fourth-order valence-corrected chi connectivity index (χ4v) is 4.38. The summed E-state index contributed by atoms with van der Waals surface area (Å²) in [5, 5.41) is 4.59. The average Bonchev–Trinajstić information content (AvgIpc) is 2.84. The van der Waals surface area contributed by atoms with Crippen LogP contribution in [0.25, 0.3) is 0 Å². The van der Waals surface area contributed by atoms with Crippen molar-refractivity contribution in [3.63, 3.8) is 0 Å². The highest BCUT2D eigenvalue weighted by molar-refractivity contribution is 6.42. The smallest absolute Gasteiger partial charge is 0.243 e. The van der Waals surface area contributed by atoms with Crippen LogP contribution in [0.3, 0.4) is 0 Å². The van der Waals surface area contributed by atoms with Crippen molar-refractivity contribution in [3.8, 4) is 0 Å². The Morgan fingerprint density at radius 3 is 1.94 bits per heavy atom. The summed E-state index contributed by atoms with van der Waals surface area (Å²) in [6.07, 6.45) is 0.417. The van der Waals surface area contributed by atoms with E-state index in [4.69, 9.17) is 46.4 Å². The van der Waals surface area contributed by atoms with Gasteiger partial charge in [0.25, 0.3) is 0 Å². The molecule has 0 aromatic heterocycles. The van der Waals surface area contributed by atoms with Crippen LogP contribution in [-0.4, -0.2) is 29.3 Å². The van der Waals surface area contributed by atoms with E-state index in [1.807, 2.05) is 44.2 Å². The van der Waals surface area contributed by atoms with E-state index in [0.717, 1.165) is 11.1 Å². The first-order valence-corrected chi connectivity index (χ1v) is 13.1. The first kappa shape index (κ1) is 28.3. The van der Waals surface area contributed by atoms with Crippen LogP contribution in [0.15, 0.2) is 66.7 Å². The molecule has 3 aromatic rings. The number of hydrogen-bond acceptors (Lipinski definition) is 2. The van der Waals surface area contributed by atoms with Crippen LogP contribution in [0.1, 0.15) is 30.5 Å². The molecular formula is C28H28Cl4N2O2. The molecule has 3 rings (SSSR count). The summed E-state index contributed by atoms with van der Waals surface area (Å²) in [6, 6.07) is 19.2. The molecule has 3 aromatic carbocycles. The zero-order chi connectivity index (χ0) is 26.2. The molecule has 36 heavy (non-hydrogen) atoms. The summed E-state index contributed by atoms with van der Waals surface area (Å²) in [5.41, 5.74) is 2.42. The summed E-state index contributed by atoms with van der Waals surface area (Å²) in [4.78, 5) is 28.8. The summed E-state index contributed by atoms with van der Waals surface area (Å²) in [5.74, 6) is -0.169. The third-order valence-corrected chi connectivity index (χ3v) is 7.11. The van der Waals surface area contributed by atoms with Crippen LogP contribution in [0, 0.1) is 5.92 Å². The summed E-state index contributed by atoms with van der Waals surface area (Å²) >= 11 is 24.6. The highest BCUT2D eigenvalue weighted by Gasteiger charge is 2.30. The van der Waals surface area contributed by atoms with Gasteiger partial charge < -0.3 is 10.2 Å². The van der Waals surface area contributed by atoms with Gasteiger partial charge >= 0.3 is 0 Å². The lowest BCUT2D eigenvalue weighted by molar-refractivity contribution is -0.140. The standard InChI is InChI=1S/C28H28Cl4N2O2/c1-18(2)16-33-28(36)26(14-19-6-4-3-5-7-19)34(17-21-9-11-23(30)25(32)13-21)27(35)15-20-8-10-22(29)24(31)12-20/h3-13,18,26H,14-17H2,1-2H3,(H,33,36)/t26-/m0/s1. The molecule has 0 aliphatic carbocycles. The van der Waals surface area contributed by atoms with Gasteiger partial charge in [0.05, 0.1) is 26.5 Å². The van der Waals surface area contributed by atoms with Crippen LogP contribution in [0.4, 0.5) is 0 Å². The topological polar surface area (TPSA) is 49.4 Å². The van der Waals surface area contributed by atoms with Crippen LogP contribution in [-0.2, 0) is 29.0 Å². The zero-order valence-electron chi connectivity index (χ0n) is 20.1. The predicted octanol–water partition coefficient (Wildman–Crippen LogP) is 7.26. The molecule has 0 bridgehead atoms. The largest absolute Gasteiger partial charge is 0.354 e. The number of hydrogen-bond donors (Lipinski definition) is 1. The molecule has 0 spiro atoms. The minimum atomic E-state index is -0.740. The fraction of sp³-hybridized carbons (Fsp3) is 0.286. The Hall–Kier alpha value is -2.24. The summed E-state index contributed by atoms with van der Waals surface area (Å²) in [6.45, 7) is 4.74. The van der Waals surface area contributed by atoms with Gasteiger partial charge in [0, 0.05) is 19.5 Å². The third-order valence-electron chi connectivity index (χ3n) is 5.63. The van der Waals surface area contributed by atoms with Crippen molar-refractivity contribution in [3.05, 3.63) is 104 Å². The van der Waals surface area contributed by atoms with Gasteiger partial charge in [-0.15, -0.1) is 0 Å². The van der Waals surface area contributed by atoms with E-state index in [1.165, 1.54) is 0 Å². The lowest BCUT2D eigenvalue weighted by Gasteiger charge is -2.32. The molecule has 0 aliphatic rings. The number of carbonyl (C=O) groups is 2. The summed E-state index contributed by atoms with van der Waals surface area (Å²) < 4.78 is 0. The Bertz CT molecular complexity index is 1200. The van der Waals surface area contributed by atoms with Crippen molar-refractivity contribution in [1.29, 1.82) is 0 Å².